The van der Waals surface area contributed by atoms with Gasteiger partial charge in [-0.05, 0) is 31.5 Å². The lowest BCUT2D eigenvalue weighted by Crippen LogP contribution is -2.41. The lowest BCUT2D eigenvalue weighted by Gasteiger charge is -2.32. The van der Waals surface area contributed by atoms with Gasteiger partial charge in [0.05, 0.1) is 37.2 Å². The highest BCUT2D eigenvalue weighted by molar-refractivity contribution is 5.95. The Morgan fingerprint density at radius 1 is 1.26 bits per heavy atom. The summed E-state index contributed by atoms with van der Waals surface area (Å²) < 4.78 is 11.0. The number of ether oxygens (including phenoxy) is 1. The van der Waals surface area contributed by atoms with Crippen LogP contribution in [0.2, 0.25) is 0 Å². The van der Waals surface area contributed by atoms with Crippen molar-refractivity contribution in [2.24, 2.45) is 0 Å². The zero-order chi connectivity index (χ0) is 18.6. The van der Waals surface area contributed by atoms with E-state index in [-0.39, 0.29) is 18.4 Å². The van der Waals surface area contributed by atoms with Gasteiger partial charge in [-0.25, -0.2) is 0 Å². The largest absolute Gasteiger partial charge is 0.462 e. The van der Waals surface area contributed by atoms with Gasteiger partial charge < -0.3 is 19.2 Å². The number of rotatable bonds is 5. The number of furan rings is 1. The number of carbonyl (C=O) groups is 1. The molecule has 2 aliphatic heterocycles. The van der Waals surface area contributed by atoms with Gasteiger partial charge in [0, 0.05) is 25.6 Å². The van der Waals surface area contributed by atoms with Gasteiger partial charge in [0.1, 0.15) is 18.1 Å². The molecule has 1 atom stereocenters. The van der Waals surface area contributed by atoms with Crippen molar-refractivity contribution < 1.29 is 19.1 Å². The maximum Gasteiger partial charge on any atom is 0.257 e. The highest BCUT2D eigenvalue weighted by Gasteiger charge is 2.29. The summed E-state index contributed by atoms with van der Waals surface area (Å²) in [6.07, 6.45) is 3.75. The number of aromatic amines is 1. The molecule has 0 aromatic carbocycles. The molecule has 2 aliphatic rings. The van der Waals surface area contributed by atoms with E-state index in [9.17, 15) is 4.79 Å². The first-order valence-electron chi connectivity index (χ1n) is 9.55. The van der Waals surface area contributed by atoms with Gasteiger partial charge in [0.2, 0.25) is 0 Å². The first-order valence-corrected chi connectivity index (χ1v) is 9.55. The first kappa shape index (κ1) is 18.2. The molecule has 0 radical (unpaired) electrons. The number of hydrogen-bond donors (Lipinski definition) is 2. The fraction of sp³-hybridized carbons (Fsp3) is 0.579. The smallest absolute Gasteiger partial charge is 0.257 e. The van der Waals surface area contributed by atoms with Crippen LogP contribution in [0.5, 0.6) is 0 Å². The zero-order valence-electron chi connectivity index (χ0n) is 15.4. The van der Waals surface area contributed by atoms with Crippen molar-refractivity contribution in [1.29, 1.82) is 0 Å². The molecule has 2 aromatic heterocycles. The standard InChI is InChI=1S/C19H26N4O4/c24-13-16-4-3-15(27-16)12-22-5-1-2-14(11-22)18-17(10-20-21-18)19(25)23-6-8-26-9-7-23/h3-4,10,14,24H,1-2,5-9,11-13H2,(H,20,21). The van der Waals surface area contributed by atoms with Crippen LogP contribution in [-0.4, -0.2) is 70.4 Å². The minimum absolute atomic E-state index is 0.0396. The second-order valence-corrected chi connectivity index (χ2v) is 7.20. The van der Waals surface area contributed by atoms with E-state index < -0.39 is 0 Å². The van der Waals surface area contributed by atoms with Crippen LogP contribution in [0, 0.1) is 0 Å². The Bertz CT molecular complexity index is 765. The van der Waals surface area contributed by atoms with Gasteiger partial charge in [-0.2, -0.15) is 5.10 Å². The molecule has 2 saturated heterocycles. The van der Waals surface area contributed by atoms with E-state index in [4.69, 9.17) is 14.3 Å². The fourth-order valence-corrected chi connectivity index (χ4v) is 3.96. The molecule has 146 valence electrons. The number of nitrogens with one attached hydrogen (secondary N) is 1. The topological polar surface area (TPSA) is 94.8 Å². The monoisotopic (exact) mass is 374 g/mol. The molecule has 2 N–H and O–H groups in total. The average molecular weight is 374 g/mol. The molecule has 0 saturated carbocycles. The molecule has 0 aliphatic carbocycles. The summed E-state index contributed by atoms with van der Waals surface area (Å²) in [6, 6.07) is 3.73. The Labute approximate surface area is 158 Å². The molecular formula is C19H26N4O4. The van der Waals surface area contributed by atoms with Crippen LogP contribution in [0.15, 0.2) is 22.7 Å². The number of aliphatic hydroxyl groups excluding tert-OH is 1. The Balaban J connectivity index is 1.44. The van der Waals surface area contributed by atoms with Crippen LogP contribution >= 0.6 is 0 Å². The van der Waals surface area contributed by atoms with Crippen molar-refractivity contribution in [1.82, 2.24) is 20.0 Å². The number of morpholine rings is 1. The van der Waals surface area contributed by atoms with Crippen molar-refractivity contribution in [2.75, 3.05) is 39.4 Å². The van der Waals surface area contributed by atoms with Crippen LogP contribution in [0.3, 0.4) is 0 Å². The van der Waals surface area contributed by atoms with Crippen LogP contribution in [0.4, 0.5) is 0 Å². The van der Waals surface area contributed by atoms with Crippen LogP contribution < -0.4 is 0 Å². The molecule has 8 nitrogen and oxygen atoms in total. The molecule has 8 heteroatoms. The molecule has 2 aromatic rings. The highest BCUT2D eigenvalue weighted by atomic mass is 16.5. The van der Waals surface area contributed by atoms with Crippen molar-refractivity contribution in [2.45, 2.75) is 31.9 Å². The van der Waals surface area contributed by atoms with Crippen LogP contribution in [0.1, 0.15) is 46.3 Å². The summed E-state index contributed by atoms with van der Waals surface area (Å²) in [5.41, 5.74) is 1.62. The number of piperidine rings is 1. The highest BCUT2D eigenvalue weighted by Crippen LogP contribution is 2.29. The lowest BCUT2D eigenvalue weighted by molar-refractivity contribution is 0.0301. The molecule has 2 fully saturated rings. The Kier molecular flexibility index (Phi) is 5.56. The van der Waals surface area contributed by atoms with Gasteiger partial charge in [-0.1, -0.05) is 0 Å². The normalized spacial score (nSPS) is 21.5. The Morgan fingerprint density at radius 3 is 2.85 bits per heavy atom. The third kappa shape index (κ3) is 4.07. The zero-order valence-corrected chi connectivity index (χ0v) is 15.4. The third-order valence-corrected chi connectivity index (χ3v) is 5.36. The van der Waals surface area contributed by atoms with Gasteiger partial charge in [0.15, 0.2) is 0 Å². The summed E-state index contributed by atoms with van der Waals surface area (Å²) in [7, 11) is 0. The van der Waals surface area contributed by atoms with Gasteiger partial charge in [0.25, 0.3) is 5.91 Å². The molecule has 0 spiro atoms. The first-order chi connectivity index (χ1) is 13.2. The average Bonchev–Trinajstić information content (AvgIpc) is 3.38. The summed E-state index contributed by atoms with van der Waals surface area (Å²) in [5.74, 6) is 1.73. The minimum atomic E-state index is -0.0796. The molecule has 0 bridgehead atoms. The summed E-state index contributed by atoms with van der Waals surface area (Å²) in [6.45, 7) is 4.91. The second kappa shape index (κ2) is 8.24. The number of hydrogen-bond acceptors (Lipinski definition) is 6. The molecule has 1 amide bonds. The number of carbonyl (C=O) groups excluding carboxylic acids is 1. The van der Waals surface area contributed by atoms with E-state index in [2.05, 4.69) is 15.1 Å². The summed E-state index contributed by atoms with van der Waals surface area (Å²) in [5, 5.41) is 16.4. The second-order valence-electron chi connectivity index (χ2n) is 7.20. The van der Waals surface area contributed by atoms with Crippen LogP contribution in [-0.2, 0) is 17.9 Å². The van der Waals surface area contributed by atoms with Gasteiger partial charge in [-0.15, -0.1) is 0 Å². The maximum atomic E-state index is 12.9. The molecule has 4 rings (SSSR count). The van der Waals surface area contributed by atoms with E-state index in [0.717, 1.165) is 37.4 Å². The number of H-pyrrole nitrogens is 1. The summed E-state index contributed by atoms with van der Waals surface area (Å²) >= 11 is 0. The Hall–Kier alpha value is -2.16. The van der Waals surface area contributed by atoms with Gasteiger partial charge >= 0.3 is 0 Å². The number of aromatic nitrogens is 2. The molecular weight excluding hydrogens is 348 g/mol. The lowest BCUT2D eigenvalue weighted by atomic mass is 9.92. The quantitative estimate of drug-likeness (QED) is 0.820. The van der Waals surface area contributed by atoms with E-state index in [0.29, 0.717) is 44.2 Å². The van der Waals surface area contributed by atoms with Crippen molar-refractivity contribution in [3.63, 3.8) is 0 Å². The van der Waals surface area contributed by atoms with Crippen LogP contribution in [0.25, 0.3) is 0 Å². The number of aliphatic hydroxyl groups is 1. The van der Waals surface area contributed by atoms with E-state index in [1.54, 1.807) is 6.20 Å². The SMILES string of the molecule is O=C(c1cn[nH]c1C1CCCN(Cc2ccc(CO)o2)C1)N1CCOCC1. The van der Waals surface area contributed by atoms with Crippen molar-refractivity contribution in [3.05, 3.63) is 41.1 Å². The molecule has 27 heavy (non-hydrogen) atoms. The third-order valence-electron chi connectivity index (χ3n) is 5.36. The predicted octanol–water partition coefficient (Wildman–Crippen LogP) is 1.35. The predicted molar refractivity (Wildman–Crippen MR) is 97.2 cm³/mol. The molecule has 1 unspecified atom stereocenters. The number of likely N-dealkylation sites (tertiary alicyclic amines) is 1. The number of amides is 1. The van der Waals surface area contributed by atoms with E-state index in [1.165, 1.54) is 0 Å². The molecule has 4 heterocycles. The maximum absolute atomic E-state index is 12.9. The fourth-order valence-electron chi connectivity index (χ4n) is 3.96. The van der Waals surface area contributed by atoms with Crippen molar-refractivity contribution in [3.8, 4) is 0 Å². The number of nitrogens with zero attached hydrogens (tertiary/aromatic N) is 3. The Morgan fingerprint density at radius 2 is 2.07 bits per heavy atom. The summed E-state index contributed by atoms with van der Waals surface area (Å²) in [4.78, 5) is 17.1. The van der Waals surface area contributed by atoms with Gasteiger partial charge in [-0.3, -0.25) is 14.8 Å². The van der Waals surface area contributed by atoms with E-state index >= 15 is 0 Å². The minimum Gasteiger partial charge on any atom is -0.462 e. The van der Waals surface area contributed by atoms with Crippen molar-refractivity contribution >= 4 is 5.91 Å². The van der Waals surface area contributed by atoms with E-state index in [1.807, 2.05) is 17.0 Å².